The Morgan fingerprint density at radius 1 is 0.857 bits per heavy atom. The van der Waals surface area contributed by atoms with E-state index in [1.807, 2.05) is 0 Å². The number of hydrogen-bond acceptors (Lipinski definition) is 0. The molecule has 0 aliphatic carbocycles. The zero-order chi connectivity index (χ0) is 19.3. The SMILES string of the molecule is C/C=C\CC1(C)c2cc(/C=C/C)ccc2-n2c3ccccc3c3cccc1c32. The average molecular weight is 364 g/mol. The van der Waals surface area contributed by atoms with Gasteiger partial charge in [-0.15, -0.1) is 0 Å². The minimum Gasteiger partial charge on any atom is -0.309 e. The fraction of sp³-hybridized carbons (Fsp3) is 0.185. The molecular formula is C27H25N. The molecule has 0 N–H and O–H groups in total. The van der Waals surface area contributed by atoms with Crippen molar-refractivity contribution in [2.24, 2.45) is 0 Å². The second kappa shape index (κ2) is 6.24. The summed E-state index contributed by atoms with van der Waals surface area (Å²) in [6, 6.07) is 22.5. The number of fused-ring (bicyclic) bond motifs is 5. The second-order valence-corrected chi connectivity index (χ2v) is 7.94. The van der Waals surface area contributed by atoms with Gasteiger partial charge in [-0.25, -0.2) is 0 Å². The highest BCUT2D eigenvalue weighted by Crippen LogP contribution is 2.49. The molecule has 138 valence electrons. The van der Waals surface area contributed by atoms with Crippen LogP contribution in [0.5, 0.6) is 0 Å². The first-order chi connectivity index (χ1) is 13.7. The topological polar surface area (TPSA) is 4.93 Å². The van der Waals surface area contributed by atoms with Crippen molar-refractivity contribution in [2.75, 3.05) is 0 Å². The molecule has 1 nitrogen and oxygen atoms in total. The van der Waals surface area contributed by atoms with Crippen molar-refractivity contribution in [2.45, 2.75) is 32.6 Å². The van der Waals surface area contributed by atoms with Gasteiger partial charge in [0.25, 0.3) is 0 Å². The number of hydrogen-bond donors (Lipinski definition) is 0. The molecular weight excluding hydrogens is 338 g/mol. The molecule has 5 rings (SSSR count). The summed E-state index contributed by atoms with van der Waals surface area (Å²) < 4.78 is 2.48. The van der Waals surface area contributed by atoms with E-state index >= 15 is 0 Å². The molecule has 28 heavy (non-hydrogen) atoms. The maximum Gasteiger partial charge on any atom is 0.0582 e. The standard InChI is InChI=1S/C27H25N/c1-4-6-17-27(3)22-13-9-12-21-20-11-7-8-14-24(20)28(26(21)22)25-16-15-19(10-5-2)18-23(25)27/h4-16,18H,17H2,1-3H3/b6-4-,10-5+. The molecule has 3 aromatic carbocycles. The highest BCUT2D eigenvalue weighted by atomic mass is 15.0. The van der Waals surface area contributed by atoms with Gasteiger partial charge in [-0.2, -0.15) is 0 Å². The van der Waals surface area contributed by atoms with Crippen molar-refractivity contribution in [1.29, 1.82) is 0 Å². The van der Waals surface area contributed by atoms with E-state index in [1.165, 1.54) is 44.2 Å². The lowest BCUT2D eigenvalue weighted by molar-refractivity contribution is 0.572. The molecule has 0 saturated heterocycles. The van der Waals surface area contributed by atoms with E-state index in [1.54, 1.807) is 0 Å². The van der Waals surface area contributed by atoms with Crippen molar-refractivity contribution in [3.05, 3.63) is 95.6 Å². The summed E-state index contributed by atoms with van der Waals surface area (Å²) >= 11 is 0. The highest BCUT2D eigenvalue weighted by Gasteiger charge is 2.37. The Hall–Kier alpha value is -3.06. The quantitative estimate of drug-likeness (QED) is 0.334. The van der Waals surface area contributed by atoms with Gasteiger partial charge >= 0.3 is 0 Å². The second-order valence-electron chi connectivity index (χ2n) is 7.94. The van der Waals surface area contributed by atoms with Crippen LogP contribution >= 0.6 is 0 Å². The van der Waals surface area contributed by atoms with Crippen LogP contribution in [0.25, 0.3) is 33.6 Å². The number of nitrogens with zero attached hydrogens (tertiary/aromatic N) is 1. The summed E-state index contributed by atoms with van der Waals surface area (Å²) in [5.74, 6) is 0. The summed E-state index contributed by atoms with van der Waals surface area (Å²) in [6.45, 7) is 6.60. The van der Waals surface area contributed by atoms with E-state index in [-0.39, 0.29) is 5.41 Å². The number of benzene rings is 3. The third-order valence-corrected chi connectivity index (χ3v) is 6.27. The zero-order valence-electron chi connectivity index (χ0n) is 16.7. The third-order valence-electron chi connectivity index (χ3n) is 6.27. The lowest BCUT2D eigenvalue weighted by Crippen LogP contribution is -2.29. The molecule has 1 unspecified atom stereocenters. The van der Waals surface area contributed by atoms with Gasteiger partial charge in [0.15, 0.2) is 0 Å². The van der Waals surface area contributed by atoms with Crippen LogP contribution in [0.2, 0.25) is 0 Å². The molecule has 1 atom stereocenters. The smallest absolute Gasteiger partial charge is 0.0582 e. The first-order valence-corrected chi connectivity index (χ1v) is 10.1. The summed E-state index contributed by atoms with van der Waals surface area (Å²) in [7, 11) is 0. The predicted octanol–water partition coefficient (Wildman–Crippen LogP) is 7.40. The Morgan fingerprint density at radius 2 is 1.68 bits per heavy atom. The highest BCUT2D eigenvalue weighted by molar-refractivity contribution is 6.11. The van der Waals surface area contributed by atoms with Crippen LogP contribution in [0, 0.1) is 0 Å². The van der Waals surface area contributed by atoms with Gasteiger partial charge in [0.1, 0.15) is 0 Å². The Bertz CT molecular complexity index is 1270. The molecule has 0 amide bonds. The summed E-state index contributed by atoms with van der Waals surface area (Å²) in [5, 5.41) is 2.68. The van der Waals surface area contributed by atoms with Crippen LogP contribution in [0.1, 0.15) is 43.9 Å². The lowest BCUT2D eigenvalue weighted by Gasteiger charge is -2.37. The van der Waals surface area contributed by atoms with Crippen LogP contribution in [-0.4, -0.2) is 4.57 Å². The first-order valence-electron chi connectivity index (χ1n) is 10.1. The fourth-order valence-corrected chi connectivity index (χ4v) is 4.92. The molecule has 0 bridgehead atoms. The van der Waals surface area contributed by atoms with Gasteiger partial charge in [-0.05, 0) is 55.2 Å². The largest absolute Gasteiger partial charge is 0.309 e. The van der Waals surface area contributed by atoms with E-state index < -0.39 is 0 Å². The molecule has 1 aliphatic heterocycles. The molecule has 1 aliphatic rings. The van der Waals surface area contributed by atoms with Gasteiger partial charge in [0.05, 0.1) is 16.7 Å². The maximum atomic E-state index is 2.48. The first kappa shape index (κ1) is 17.1. The van der Waals surface area contributed by atoms with Crippen LogP contribution in [0.4, 0.5) is 0 Å². The van der Waals surface area contributed by atoms with Gasteiger partial charge in [-0.3, -0.25) is 0 Å². The Kier molecular flexibility index (Phi) is 3.80. The van der Waals surface area contributed by atoms with Gasteiger partial charge < -0.3 is 4.57 Å². The van der Waals surface area contributed by atoms with Crippen molar-refractivity contribution < 1.29 is 0 Å². The number of aromatic nitrogens is 1. The van der Waals surface area contributed by atoms with Gasteiger partial charge in [0.2, 0.25) is 0 Å². The van der Waals surface area contributed by atoms with Crippen molar-refractivity contribution in [3.63, 3.8) is 0 Å². The number of para-hydroxylation sites is 2. The normalized spacial score (nSPS) is 18.5. The molecule has 0 radical (unpaired) electrons. The maximum absolute atomic E-state index is 2.48. The van der Waals surface area contributed by atoms with Gasteiger partial charge in [0, 0.05) is 16.2 Å². The molecule has 1 heteroatoms. The van der Waals surface area contributed by atoms with Crippen LogP contribution < -0.4 is 0 Å². The van der Waals surface area contributed by atoms with E-state index in [4.69, 9.17) is 0 Å². The molecule has 1 aromatic heterocycles. The number of allylic oxidation sites excluding steroid dienone is 3. The van der Waals surface area contributed by atoms with Crippen LogP contribution in [-0.2, 0) is 5.41 Å². The van der Waals surface area contributed by atoms with E-state index in [9.17, 15) is 0 Å². The Labute approximate surface area is 166 Å². The van der Waals surface area contributed by atoms with Crippen molar-refractivity contribution >= 4 is 27.9 Å². The number of rotatable bonds is 3. The predicted molar refractivity (Wildman–Crippen MR) is 121 cm³/mol. The molecule has 0 spiro atoms. The lowest BCUT2D eigenvalue weighted by atomic mass is 9.70. The van der Waals surface area contributed by atoms with E-state index in [2.05, 4.69) is 110 Å². The third kappa shape index (κ3) is 2.19. The Morgan fingerprint density at radius 3 is 2.50 bits per heavy atom. The summed E-state index contributed by atoms with van der Waals surface area (Å²) in [4.78, 5) is 0. The van der Waals surface area contributed by atoms with Crippen molar-refractivity contribution in [1.82, 2.24) is 4.57 Å². The van der Waals surface area contributed by atoms with Crippen molar-refractivity contribution in [3.8, 4) is 5.69 Å². The van der Waals surface area contributed by atoms with Gasteiger partial charge in [-0.1, -0.05) is 73.7 Å². The van der Waals surface area contributed by atoms with Crippen LogP contribution in [0.3, 0.4) is 0 Å². The van der Waals surface area contributed by atoms with E-state index in [0.717, 1.165) is 6.42 Å². The fourth-order valence-electron chi connectivity index (χ4n) is 4.92. The monoisotopic (exact) mass is 363 g/mol. The molecule has 4 aromatic rings. The van der Waals surface area contributed by atoms with E-state index in [0.29, 0.717) is 0 Å². The summed E-state index contributed by atoms with van der Waals surface area (Å²) in [6.07, 6.45) is 9.79. The Balaban J connectivity index is 1.98. The molecule has 0 saturated carbocycles. The molecule has 2 heterocycles. The summed E-state index contributed by atoms with van der Waals surface area (Å²) in [5.41, 5.74) is 8.00. The zero-order valence-corrected chi connectivity index (χ0v) is 16.7. The minimum absolute atomic E-state index is 0.0523. The minimum atomic E-state index is -0.0523. The molecule has 0 fully saturated rings. The average Bonchev–Trinajstić information content (AvgIpc) is 3.06. The van der Waals surface area contributed by atoms with Crippen LogP contribution in [0.15, 0.2) is 78.9 Å².